The second kappa shape index (κ2) is 7.24. The van der Waals surface area contributed by atoms with Gasteiger partial charge in [0.1, 0.15) is 16.9 Å². The minimum atomic E-state index is 0.435. The Hall–Kier alpha value is -2.34. The van der Waals surface area contributed by atoms with Crippen molar-refractivity contribution in [3.63, 3.8) is 0 Å². The number of imidazole rings is 1. The van der Waals surface area contributed by atoms with Crippen LogP contribution in [-0.4, -0.2) is 28.0 Å². The van der Waals surface area contributed by atoms with Crippen LogP contribution in [0, 0.1) is 0 Å². The summed E-state index contributed by atoms with van der Waals surface area (Å²) in [6, 6.07) is 13.6. The Balaban J connectivity index is 1.65. The SMILES string of the molecule is Clc1ccc(Nc2nc3ccccc3c3nc(C4CCNCC4)[nH]c23)cc1Cl. The van der Waals surface area contributed by atoms with Crippen LogP contribution in [0.25, 0.3) is 21.9 Å². The Morgan fingerprint density at radius 1 is 0.964 bits per heavy atom. The van der Waals surface area contributed by atoms with Crippen LogP contribution in [0.2, 0.25) is 10.0 Å². The van der Waals surface area contributed by atoms with Gasteiger partial charge in [-0.1, -0.05) is 41.4 Å². The Kier molecular flexibility index (Phi) is 4.59. The summed E-state index contributed by atoms with van der Waals surface area (Å²) in [5, 5.41) is 8.88. The van der Waals surface area contributed by atoms with Crippen LogP contribution < -0.4 is 10.6 Å². The number of pyridine rings is 1. The predicted octanol–water partition coefficient (Wildman–Crippen LogP) is 5.63. The molecule has 142 valence electrons. The number of aromatic amines is 1. The fourth-order valence-electron chi connectivity index (χ4n) is 3.80. The van der Waals surface area contributed by atoms with Gasteiger partial charge in [0.15, 0.2) is 5.82 Å². The topological polar surface area (TPSA) is 65.6 Å². The van der Waals surface area contributed by atoms with Crippen molar-refractivity contribution in [2.24, 2.45) is 0 Å². The molecule has 0 saturated carbocycles. The summed E-state index contributed by atoms with van der Waals surface area (Å²) >= 11 is 12.2. The number of hydrogen-bond acceptors (Lipinski definition) is 4. The fourth-order valence-corrected chi connectivity index (χ4v) is 4.09. The summed E-state index contributed by atoms with van der Waals surface area (Å²) in [6.45, 7) is 2.05. The van der Waals surface area contributed by atoms with Gasteiger partial charge in [0.25, 0.3) is 0 Å². The molecule has 5 rings (SSSR count). The highest BCUT2D eigenvalue weighted by Crippen LogP contribution is 2.34. The highest BCUT2D eigenvalue weighted by Gasteiger charge is 2.21. The molecule has 0 bridgehead atoms. The lowest BCUT2D eigenvalue weighted by Crippen LogP contribution is -2.27. The predicted molar refractivity (Wildman–Crippen MR) is 116 cm³/mol. The van der Waals surface area contributed by atoms with E-state index < -0.39 is 0 Å². The molecule has 0 amide bonds. The molecule has 3 heterocycles. The van der Waals surface area contributed by atoms with Crippen LogP contribution in [0.3, 0.4) is 0 Å². The van der Waals surface area contributed by atoms with Crippen molar-refractivity contribution in [1.29, 1.82) is 0 Å². The minimum Gasteiger partial charge on any atom is -0.339 e. The number of rotatable bonds is 3. The molecule has 2 aromatic heterocycles. The lowest BCUT2D eigenvalue weighted by atomic mass is 9.98. The van der Waals surface area contributed by atoms with Crippen LogP contribution >= 0.6 is 23.2 Å². The van der Waals surface area contributed by atoms with Gasteiger partial charge in [-0.3, -0.25) is 0 Å². The number of aromatic nitrogens is 3. The van der Waals surface area contributed by atoms with Gasteiger partial charge in [-0.05, 0) is 50.2 Å². The van der Waals surface area contributed by atoms with Gasteiger partial charge in [-0.2, -0.15) is 0 Å². The van der Waals surface area contributed by atoms with Crippen molar-refractivity contribution < 1.29 is 0 Å². The molecule has 5 nitrogen and oxygen atoms in total. The standard InChI is InChI=1S/C21H19Cl2N5/c22-15-6-5-13(11-16(15)23)25-21-19-18(14-3-1-2-4-17(14)26-21)27-20(28-19)12-7-9-24-10-8-12/h1-6,11-12,24H,7-10H2,(H,25,26)(H,27,28). The molecular formula is C21H19Cl2N5. The molecule has 0 aliphatic carbocycles. The van der Waals surface area contributed by atoms with Gasteiger partial charge >= 0.3 is 0 Å². The van der Waals surface area contributed by atoms with E-state index in [1.807, 2.05) is 24.3 Å². The second-order valence-electron chi connectivity index (χ2n) is 7.10. The summed E-state index contributed by atoms with van der Waals surface area (Å²) in [7, 11) is 0. The Morgan fingerprint density at radius 2 is 1.79 bits per heavy atom. The number of para-hydroxylation sites is 1. The largest absolute Gasteiger partial charge is 0.339 e. The summed E-state index contributed by atoms with van der Waals surface area (Å²) in [4.78, 5) is 13.4. The Morgan fingerprint density at radius 3 is 2.61 bits per heavy atom. The third-order valence-electron chi connectivity index (χ3n) is 5.26. The maximum atomic E-state index is 6.18. The van der Waals surface area contributed by atoms with Crippen molar-refractivity contribution in [3.8, 4) is 0 Å². The van der Waals surface area contributed by atoms with Crippen LogP contribution in [0.5, 0.6) is 0 Å². The summed E-state index contributed by atoms with van der Waals surface area (Å²) in [6.07, 6.45) is 2.17. The van der Waals surface area contributed by atoms with Gasteiger partial charge < -0.3 is 15.6 Å². The smallest absolute Gasteiger partial charge is 0.157 e. The van der Waals surface area contributed by atoms with Crippen molar-refractivity contribution in [1.82, 2.24) is 20.3 Å². The first kappa shape index (κ1) is 17.7. The highest BCUT2D eigenvalue weighted by atomic mass is 35.5. The maximum absolute atomic E-state index is 6.18. The van der Waals surface area contributed by atoms with Gasteiger partial charge in [0.05, 0.1) is 15.6 Å². The van der Waals surface area contributed by atoms with E-state index in [2.05, 4.69) is 21.7 Å². The maximum Gasteiger partial charge on any atom is 0.157 e. The number of halogens is 2. The molecule has 0 atom stereocenters. The van der Waals surface area contributed by atoms with Crippen LogP contribution in [0.4, 0.5) is 11.5 Å². The number of H-pyrrole nitrogens is 1. The number of fused-ring (bicyclic) bond motifs is 3. The normalized spacial score (nSPS) is 15.4. The monoisotopic (exact) mass is 411 g/mol. The summed E-state index contributed by atoms with van der Waals surface area (Å²) in [5.41, 5.74) is 3.59. The van der Waals surface area contributed by atoms with Gasteiger partial charge in [-0.25, -0.2) is 9.97 Å². The van der Waals surface area contributed by atoms with E-state index in [0.717, 1.165) is 65.2 Å². The van der Waals surface area contributed by atoms with E-state index in [9.17, 15) is 0 Å². The molecular weight excluding hydrogens is 393 g/mol. The zero-order valence-corrected chi connectivity index (χ0v) is 16.6. The van der Waals surface area contributed by atoms with Crippen LogP contribution in [0.1, 0.15) is 24.6 Å². The molecule has 1 fully saturated rings. The number of anilines is 2. The molecule has 0 unspecified atom stereocenters. The van der Waals surface area contributed by atoms with Crippen molar-refractivity contribution in [2.45, 2.75) is 18.8 Å². The Labute approximate surface area is 172 Å². The second-order valence-corrected chi connectivity index (χ2v) is 7.92. The molecule has 3 N–H and O–H groups in total. The molecule has 1 saturated heterocycles. The van der Waals surface area contributed by atoms with E-state index in [1.54, 1.807) is 12.1 Å². The summed E-state index contributed by atoms with van der Waals surface area (Å²) < 4.78 is 0. The molecule has 2 aromatic carbocycles. The first-order valence-electron chi connectivity index (χ1n) is 9.40. The number of nitrogens with zero attached hydrogens (tertiary/aromatic N) is 2. The number of piperidine rings is 1. The molecule has 7 heteroatoms. The molecule has 4 aromatic rings. The third-order valence-corrected chi connectivity index (χ3v) is 6.00. The molecule has 0 radical (unpaired) electrons. The van der Waals surface area contributed by atoms with Crippen molar-refractivity contribution >= 4 is 56.6 Å². The number of hydrogen-bond donors (Lipinski definition) is 3. The van der Waals surface area contributed by atoms with Crippen LogP contribution in [-0.2, 0) is 0 Å². The van der Waals surface area contributed by atoms with E-state index in [1.165, 1.54) is 0 Å². The van der Waals surface area contributed by atoms with Gasteiger partial charge in [-0.15, -0.1) is 0 Å². The number of nitrogens with one attached hydrogen (secondary N) is 3. The quantitative estimate of drug-likeness (QED) is 0.408. The highest BCUT2D eigenvalue weighted by molar-refractivity contribution is 6.42. The fraction of sp³-hybridized carbons (Fsp3) is 0.238. The molecule has 1 aliphatic heterocycles. The van der Waals surface area contributed by atoms with Crippen molar-refractivity contribution in [2.75, 3.05) is 18.4 Å². The zero-order valence-electron chi connectivity index (χ0n) is 15.1. The van der Waals surface area contributed by atoms with Crippen molar-refractivity contribution in [3.05, 3.63) is 58.3 Å². The molecule has 0 spiro atoms. The van der Waals surface area contributed by atoms with Gasteiger partial charge in [0, 0.05) is 17.0 Å². The Bertz CT molecular complexity index is 1160. The molecule has 28 heavy (non-hydrogen) atoms. The third kappa shape index (κ3) is 3.20. The first-order chi connectivity index (χ1) is 13.7. The van der Waals surface area contributed by atoms with Gasteiger partial charge in [0.2, 0.25) is 0 Å². The zero-order chi connectivity index (χ0) is 19.1. The number of benzene rings is 2. The minimum absolute atomic E-state index is 0.435. The average molecular weight is 412 g/mol. The van der Waals surface area contributed by atoms with E-state index in [0.29, 0.717) is 16.0 Å². The summed E-state index contributed by atoms with van der Waals surface area (Å²) in [5.74, 6) is 2.21. The van der Waals surface area contributed by atoms with E-state index >= 15 is 0 Å². The lowest BCUT2D eigenvalue weighted by Gasteiger charge is -2.20. The van der Waals surface area contributed by atoms with E-state index in [4.69, 9.17) is 33.2 Å². The van der Waals surface area contributed by atoms with E-state index in [-0.39, 0.29) is 0 Å². The average Bonchev–Trinajstić information content (AvgIpc) is 3.18. The first-order valence-corrected chi connectivity index (χ1v) is 10.2. The molecule has 1 aliphatic rings. The van der Waals surface area contributed by atoms with Crippen LogP contribution in [0.15, 0.2) is 42.5 Å². The lowest BCUT2D eigenvalue weighted by molar-refractivity contribution is 0.448.